The fourth-order valence-corrected chi connectivity index (χ4v) is 3.43. The Kier molecular flexibility index (Phi) is 4.52. The maximum Gasteiger partial charge on any atom is 0.513 e. The first-order valence-corrected chi connectivity index (χ1v) is 8.00. The van der Waals surface area contributed by atoms with E-state index in [1.54, 1.807) is 12.1 Å². The van der Waals surface area contributed by atoms with Crippen LogP contribution in [0.4, 0.5) is 4.79 Å². The fraction of sp³-hybridized carbons (Fsp3) is 0.500. The van der Waals surface area contributed by atoms with E-state index in [9.17, 15) is 4.79 Å². The van der Waals surface area contributed by atoms with E-state index in [4.69, 9.17) is 16.3 Å². The first-order chi connectivity index (χ1) is 10.7. The maximum absolute atomic E-state index is 11.2. The second-order valence-corrected chi connectivity index (χ2v) is 5.94. The minimum atomic E-state index is -0.742. The molecule has 1 saturated carbocycles. The first kappa shape index (κ1) is 15.2. The smallest absolute Gasteiger partial charge is 0.437 e. The summed E-state index contributed by atoms with van der Waals surface area (Å²) in [6.07, 6.45) is 6.55. The van der Waals surface area contributed by atoms with Crippen LogP contribution < -0.4 is 4.74 Å². The normalized spacial score (nSPS) is 16.5. The van der Waals surface area contributed by atoms with Crippen LogP contribution >= 0.6 is 11.6 Å². The second-order valence-electron chi connectivity index (χ2n) is 5.60. The number of carbonyl (C=O) groups excluding carboxylic acids is 1. The van der Waals surface area contributed by atoms with Crippen LogP contribution in [0.25, 0.3) is 11.0 Å². The summed E-state index contributed by atoms with van der Waals surface area (Å²) >= 11 is 6.36. The summed E-state index contributed by atoms with van der Waals surface area (Å²) in [5.41, 5.74) is 1.71. The second kappa shape index (κ2) is 6.57. The predicted octanol–water partition coefficient (Wildman–Crippen LogP) is 4.73. The van der Waals surface area contributed by atoms with E-state index < -0.39 is 6.16 Å². The third-order valence-electron chi connectivity index (χ3n) is 4.18. The van der Waals surface area contributed by atoms with Crippen molar-refractivity contribution in [2.24, 2.45) is 0 Å². The number of nitrogens with zero attached hydrogens (tertiary/aromatic N) is 2. The van der Waals surface area contributed by atoms with Crippen LogP contribution in [0.5, 0.6) is 5.75 Å². The van der Waals surface area contributed by atoms with E-state index in [2.05, 4.69) is 14.3 Å². The van der Waals surface area contributed by atoms with Gasteiger partial charge in [-0.05, 0) is 36.6 Å². The molecule has 6 heteroatoms. The van der Waals surface area contributed by atoms with Crippen molar-refractivity contribution < 1.29 is 14.3 Å². The van der Waals surface area contributed by atoms with Gasteiger partial charge in [-0.3, -0.25) is 0 Å². The van der Waals surface area contributed by atoms with Crippen LogP contribution in [-0.4, -0.2) is 22.8 Å². The molecule has 0 unspecified atom stereocenters. The van der Waals surface area contributed by atoms with Gasteiger partial charge in [0, 0.05) is 12.1 Å². The zero-order valence-corrected chi connectivity index (χ0v) is 13.3. The van der Waals surface area contributed by atoms with E-state index >= 15 is 0 Å². The minimum Gasteiger partial charge on any atom is -0.437 e. The molecule has 0 amide bonds. The quantitative estimate of drug-likeness (QED) is 0.455. The van der Waals surface area contributed by atoms with Crippen molar-refractivity contribution in [3.63, 3.8) is 0 Å². The van der Waals surface area contributed by atoms with Crippen LogP contribution in [-0.2, 0) is 4.74 Å². The molecule has 1 aliphatic rings. The number of ether oxygens (including phenoxy) is 2. The molecule has 22 heavy (non-hydrogen) atoms. The molecule has 1 aliphatic carbocycles. The molecule has 0 radical (unpaired) electrons. The van der Waals surface area contributed by atoms with Crippen LogP contribution in [0.1, 0.15) is 44.6 Å². The number of hydrogen-bond acceptors (Lipinski definition) is 4. The SMILES string of the molecule is COC(=O)Oc1ccc2c(c1)nc(Cl)n2C1CCCCCC1. The standard InChI is InChI=1S/C16H19ClN2O3/c1-21-16(20)22-12-8-9-14-13(10-12)18-15(17)19(14)11-6-4-2-3-5-7-11/h8-11H,2-7H2,1H3. The van der Waals surface area contributed by atoms with Gasteiger partial charge >= 0.3 is 6.16 Å². The third-order valence-corrected chi connectivity index (χ3v) is 4.44. The number of carbonyl (C=O) groups is 1. The lowest BCUT2D eigenvalue weighted by atomic mass is 10.1. The molecule has 0 N–H and O–H groups in total. The number of rotatable bonds is 2. The molecular weight excluding hydrogens is 304 g/mol. The number of fused-ring (bicyclic) bond motifs is 1. The van der Waals surface area contributed by atoms with Gasteiger partial charge in [0.2, 0.25) is 5.28 Å². The molecule has 1 fully saturated rings. The molecule has 2 aromatic rings. The summed E-state index contributed by atoms with van der Waals surface area (Å²) in [4.78, 5) is 15.6. The lowest BCUT2D eigenvalue weighted by Crippen LogP contribution is -2.08. The van der Waals surface area contributed by atoms with Crippen molar-refractivity contribution in [2.75, 3.05) is 7.11 Å². The highest BCUT2D eigenvalue weighted by Gasteiger charge is 2.20. The molecule has 0 atom stereocenters. The molecule has 0 saturated heterocycles. The summed E-state index contributed by atoms with van der Waals surface area (Å²) in [7, 11) is 1.28. The maximum atomic E-state index is 11.2. The van der Waals surface area contributed by atoms with Crippen LogP contribution in [0, 0.1) is 0 Å². The van der Waals surface area contributed by atoms with Crippen molar-refractivity contribution in [1.82, 2.24) is 9.55 Å². The monoisotopic (exact) mass is 322 g/mol. The largest absolute Gasteiger partial charge is 0.513 e. The fourth-order valence-electron chi connectivity index (χ4n) is 3.11. The Morgan fingerprint density at radius 2 is 2.00 bits per heavy atom. The highest BCUT2D eigenvalue weighted by molar-refractivity contribution is 6.29. The summed E-state index contributed by atoms with van der Waals surface area (Å²) < 4.78 is 11.6. The van der Waals surface area contributed by atoms with Gasteiger partial charge in [-0.2, -0.15) is 0 Å². The highest BCUT2D eigenvalue weighted by Crippen LogP contribution is 2.34. The third kappa shape index (κ3) is 3.04. The van der Waals surface area contributed by atoms with E-state index in [0.717, 1.165) is 23.9 Å². The van der Waals surface area contributed by atoms with Gasteiger partial charge in [-0.1, -0.05) is 25.7 Å². The minimum absolute atomic E-state index is 0.396. The highest BCUT2D eigenvalue weighted by atomic mass is 35.5. The first-order valence-electron chi connectivity index (χ1n) is 7.62. The summed E-state index contributed by atoms with van der Waals surface area (Å²) in [6, 6.07) is 5.75. The zero-order chi connectivity index (χ0) is 15.5. The number of imidazole rings is 1. The van der Waals surface area contributed by atoms with Crippen molar-refractivity contribution in [1.29, 1.82) is 0 Å². The Morgan fingerprint density at radius 1 is 1.27 bits per heavy atom. The Hall–Kier alpha value is -1.75. The van der Waals surface area contributed by atoms with E-state index in [1.807, 2.05) is 6.07 Å². The van der Waals surface area contributed by atoms with Crippen molar-refractivity contribution in [3.8, 4) is 5.75 Å². The van der Waals surface area contributed by atoms with Gasteiger partial charge in [0.05, 0.1) is 18.1 Å². The summed E-state index contributed by atoms with van der Waals surface area (Å²) in [5, 5.41) is 0.497. The Labute approximate surface area is 134 Å². The van der Waals surface area contributed by atoms with Gasteiger partial charge < -0.3 is 14.0 Å². The average molecular weight is 323 g/mol. The number of hydrogen-bond donors (Lipinski definition) is 0. The Balaban J connectivity index is 1.94. The van der Waals surface area contributed by atoms with Gasteiger partial charge in [-0.15, -0.1) is 0 Å². The van der Waals surface area contributed by atoms with Gasteiger partial charge in [-0.25, -0.2) is 9.78 Å². The molecule has 118 valence electrons. The number of methoxy groups -OCH3 is 1. The molecule has 0 spiro atoms. The van der Waals surface area contributed by atoms with Gasteiger partial charge in [0.15, 0.2) is 0 Å². The molecule has 0 aliphatic heterocycles. The average Bonchev–Trinajstić information content (AvgIpc) is 2.68. The molecule has 0 bridgehead atoms. The Morgan fingerprint density at radius 3 is 2.68 bits per heavy atom. The van der Waals surface area contributed by atoms with Gasteiger partial charge in [0.25, 0.3) is 0 Å². The summed E-state index contributed by atoms with van der Waals surface area (Å²) in [5.74, 6) is 0.404. The molecule has 5 nitrogen and oxygen atoms in total. The summed E-state index contributed by atoms with van der Waals surface area (Å²) in [6.45, 7) is 0. The Bertz CT molecular complexity index is 675. The molecule has 1 aromatic heterocycles. The van der Waals surface area contributed by atoms with E-state index in [1.165, 1.54) is 32.8 Å². The topological polar surface area (TPSA) is 53.4 Å². The predicted molar refractivity (Wildman–Crippen MR) is 84.5 cm³/mol. The molecule has 1 heterocycles. The molecule has 3 rings (SSSR count). The van der Waals surface area contributed by atoms with Crippen molar-refractivity contribution in [2.45, 2.75) is 44.6 Å². The zero-order valence-electron chi connectivity index (χ0n) is 12.5. The molecule has 1 aromatic carbocycles. The van der Waals surface area contributed by atoms with Crippen molar-refractivity contribution >= 4 is 28.8 Å². The van der Waals surface area contributed by atoms with E-state index in [0.29, 0.717) is 17.1 Å². The lowest BCUT2D eigenvalue weighted by Gasteiger charge is -2.18. The van der Waals surface area contributed by atoms with Gasteiger partial charge in [0.1, 0.15) is 5.75 Å². The number of aromatic nitrogens is 2. The van der Waals surface area contributed by atoms with E-state index in [-0.39, 0.29) is 0 Å². The van der Waals surface area contributed by atoms with Crippen LogP contribution in [0.3, 0.4) is 0 Å². The van der Waals surface area contributed by atoms with Crippen molar-refractivity contribution in [3.05, 3.63) is 23.5 Å². The lowest BCUT2D eigenvalue weighted by molar-refractivity contribution is 0.121. The van der Waals surface area contributed by atoms with Crippen LogP contribution in [0.15, 0.2) is 18.2 Å². The number of benzene rings is 1. The molecular formula is C16H19ClN2O3. The van der Waals surface area contributed by atoms with Crippen LogP contribution in [0.2, 0.25) is 5.28 Å². The number of halogens is 1.